The maximum Gasteiger partial charge on any atom is 0.337 e. The van der Waals surface area contributed by atoms with Crippen LogP contribution in [0.25, 0.3) is 10.9 Å². The van der Waals surface area contributed by atoms with E-state index in [-0.39, 0.29) is 11.6 Å². The lowest BCUT2D eigenvalue weighted by Crippen LogP contribution is -2.16. The molecule has 122 valence electrons. The number of benzene rings is 2. The van der Waals surface area contributed by atoms with E-state index in [0.717, 1.165) is 12.0 Å². The van der Waals surface area contributed by atoms with Gasteiger partial charge in [0.25, 0.3) is 0 Å². The van der Waals surface area contributed by atoms with E-state index in [0.29, 0.717) is 23.3 Å². The van der Waals surface area contributed by atoms with Crippen molar-refractivity contribution < 1.29 is 9.90 Å². The van der Waals surface area contributed by atoms with Crippen LogP contribution in [-0.2, 0) is 0 Å². The molecule has 2 aromatic carbocycles. The summed E-state index contributed by atoms with van der Waals surface area (Å²) >= 11 is 0. The third-order valence-corrected chi connectivity index (χ3v) is 3.86. The Labute approximate surface area is 139 Å². The number of aromatic nitrogens is 2. The number of carbonyl (C=O) groups is 1. The quantitative estimate of drug-likeness (QED) is 0.645. The average Bonchev–Trinajstić information content (AvgIpc) is 2.61. The van der Waals surface area contributed by atoms with E-state index in [1.165, 1.54) is 12.4 Å². The number of para-hydroxylation sites is 1. The number of nitrogens with zero attached hydrogens (tertiary/aromatic N) is 2. The summed E-state index contributed by atoms with van der Waals surface area (Å²) in [6, 6.07) is 15.0. The van der Waals surface area contributed by atoms with Crippen LogP contribution in [-0.4, -0.2) is 27.6 Å². The van der Waals surface area contributed by atoms with Crippen LogP contribution in [0.15, 0.2) is 54.9 Å². The van der Waals surface area contributed by atoms with Gasteiger partial charge in [-0.2, -0.15) is 0 Å². The molecule has 0 aliphatic rings. The van der Waals surface area contributed by atoms with Crippen molar-refractivity contribution in [1.29, 1.82) is 0 Å². The molecule has 1 aromatic heterocycles. The van der Waals surface area contributed by atoms with Crippen molar-refractivity contribution in [1.82, 2.24) is 9.97 Å². The molecule has 0 saturated heterocycles. The van der Waals surface area contributed by atoms with Crippen molar-refractivity contribution in [3.05, 3.63) is 66.0 Å². The van der Waals surface area contributed by atoms with E-state index in [2.05, 4.69) is 15.3 Å². The third-order valence-electron chi connectivity index (χ3n) is 3.86. The van der Waals surface area contributed by atoms with E-state index in [9.17, 15) is 9.90 Å². The average molecular weight is 322 g/mol. The van der Waals surface area contributed by atoms with Crippen LogP contribution >= 0.6 is 0 Å². The Balaban J connectivity index is 2.02. The molecule has 3 aromatic rings. The van der Waals surface area contributed by atoms with Crippen molar-refractivity contribution >= 4 is 22.7 Å². The van der Waals surface area contributed by atoms with Gasteiger partial charge in [-0.25, -0.2) is 14.8 Å². The predicted molar refractivity (Wildman–Crippen MR) is 93.0 cm³/mol. The van der Waals surface area contributed by atoms with Gasteiger partial charge in [0.1, 0.15) is 12.1 Å². The first kappa shape index (κ1) is 15.9. The lowest BCUT2D eigenvalue weighted by atomic mass is 10.0. The Morgan fingerprint density at radius 2 is 1.92 bits per heavy atom. The molecule has 0 aliphatic carbocycles. The van der Waals surface area contributed by atoms with E-state index in [4.69, 9.17) is 5.73 Å². The van der Waals surface area contributed by atoms with Gasteiger partial charge in [0.05, 0.1) is 17.1 Å². The Morgan fingerprint density at radius 1 is 1.12 bits per heavy atom. The van der Waals surface area contributed by atoms with Crippen molar-refractivity contribution in [2.45, 2.75) is 12.5 Å². The molecule has 0 spiro atoms. The van der Waals surface area contributed by atoms with Gasteiger partial charge < -0.3 is 16.2 Å². The molecule has 1 unspecified atom stereocenters. The van der Waals surface area contributed by atoms with Crippen LogP contribution in [0, 0.1) is 0 Å². The highest BCUT2D eigenvalue weighted by atomic mass is 16.4. The van der Waals surface area contributed by atoms with Gasteiger partial charge in [-0.3, -0.25) is 0 Å². The highest BCUT2D eigenvalue weighted by Crippen LogP contribution is 2.27. The maximum atomic E-state index is 11.4. The van der Waals surface area contributed by atoms with Gasteiger partial charge >= 0.3 is 5.97 Å². The normalized spacial score (nSPS) is 12.0. The topological polar surface area (TPSA) is 101 Å². The van der Waals surface area contributed by atoms with Crippen LogP contribution in [0.5, 0.6) is 0 Å². The Morgan fingerprint density at radius 3 is 2.62 bits per heavy atom. The fraction of sp³-hybridized carbons (Fsp3) is 0.167. The number of carboxylic acids is 1. The molecule has 4 N–H and O–H groups in total. The number of rotatable bonds is 6. The number of hydrogen-bond acceptors (Lipinski definition) is 5. The highest BCUT2D eigenvalue weighted by Gasteiger charge is 2.16. The number of carboxylic acid groups (broad SMARTS) is 1. The first-order valence-electron chi connectivity index (χ1n) is 7.69. The van der Waals surface area contributed by atoms with Gasteiger partial charge in [0, 0.05) is 5.39 Å². The van der Waals surface area contributed by atoms with Crippen LogP contribution in [0.4, 0.5) is 5.82 Å². The van der Waals surface area contributed by atoms with Crippen molar-refractivity contribution in [3.63, 3.8) is 0 Å². The monoisotopic (exact) mass is 322 g/mol. The summed E-state index contributed by atoms with van der Waals surface area (Å²) in [6.07, 6.45) is 2.11. The van der Waals surface area contributed by atoms with Crippen molar-refractivity contribution in [3.8, 4) is 0 Å². The zero-order valence-electron chi connectivity index (χ0n) is 13.0. The summed E-state index contributed by atoms with van der Waals surface area (Å²) in [5.74, 6) is -0.405. The summed E-state index contributed by atoms with van der Waals surface area (Å²) in [7, 11) is 0. The molecule has 0 radical (unpaired) electrons. The fourth-order valence-corrected chi connectivity index (χ4v) is 2.71. The second kappa shape index (κ2) is 7.06. The predicted octanol–water partition coefficient (Wildman–Crippen LogP) is 2.83. The van der Waals surface area contributed by atoms with Crippen molar-refractivity contribution in [2.24, 2.45) is 5.73 Å². The lowest BCUT2D eigenvalue weighted by molar-refractivity contribution is 0.0699. The van der Waals surface area contributed by atoms with E-state index >= 15 is 0 Å². The van der Waals surface area contributed by atoms with E-state index < -0.39 is 5.97 Å². The number of hydrogen-bond donors (Lipinski definition) is 3. The second-order valence-corrected chi connectivity index (χ2v) is 5.41. The smallest absolute Gasteiger partial charge is 0.337 e. The molecule has 6 nitrogen and oxygen atoms in total. The van der Waals surface area contributed by atoms with Crippen LogP contribution in [0.3, 0.4) is 0 Å². The largest absolute Gasteiger partial charge is 0.478 e. The molecule has 1 atom stereocenters. The molecule has 0 aliphatic heterocycles. The minimum atomic E-state index is -1.01. The molecule has 0 bridgehead atoms. The molecular weight excluding hydrogens is 304 g/mol. The number of anilines is 1. The summed E-state index contributed by atoms with van der Waals surface area (Å²) < 4.78 is 0. The highest BCUT2D eigenvalue weighted by molar-refractivity contribution is 6.04. The molecule has 6 heteroatoms. The third kappa shape index (κ3) is 3.18. The summed E-state index contributed by atoms with van der Waals surface area (Å²) in [4.78, 5) is 19.8. The summed E-state index contributed by atoms with van der Waals surface area (Å²) in [6.45, 7) is 0.524. The Bertz CT molecular complexity index is 852. The van der Waals surface area contributed by atoms with Gasteiger partial charge in [-0.15, -0.1) is 0 Å². The molecular formula is C18H18N4O2. The fourth-order valence-electron chi connectivity index (χ4n) is 2.71. The van der Waals surface area contributed by atoms with Gasteiger partial charge in [-0.1, -0.05) is 36.4 Å². The molecule has 0 fully saturated rings. The minimum Gasteiger partial charge on any atom is -0.478 e. The van der Waals surface area contributed by atoms with Gasteiger partial charge in [0.15, 0.2) is 0 Å². The first-order valence-corrected chi connectivity index (χ1v) is 7.69. The van der Waals surface area contributed by atoms with Crippen LogP contribution in [0.2, 0.25) is 0 Å². The molecule has 0 amide bonds. The number of fused-ring (bicyclic) bond motifs is 1. The maximum absolute atomic E-state index is 11.4. The zero-order valence-corrected chi connectivity index (χ0v) is 13.0. The molecule has 0 saturated carbocycles. The van der Waals surface area contributed by atoms with Crippen molar-refractivity contribution in [2.75, 3.05) is 11.9 Å². The first-order chi connectivity index (χ1) is 11.7. The molecule has 24 heavy (non-hydrogen) atoms. The van der Waals surface area contributed by atoms with E-state index in [1.54, 1.807) is 6.07 Å². The minimum absolute atomic E-state index is 0.0113. The number of aromatic carboxylic acids is 1. The standard InChI is InChI=1S/C18H18N4O2/c19-10-9-15(12-5-2-1-3-6-12)22-17-13-7-4-8-14(18(23)24)16(13)20-11-21-17/h1-8,11,15H,9-10,19H2,(H,23,24)(H,20,21,22). The number of nitrogens with one attached hydrogen (secondary N) is 1. The molecule has 3 rings (SSSR count). The van der Waals surface area contributed by atoms with Crippen LogP contribution in [0.1, 0.15) is 28.4 Å². The van der Waals surface area contributed by atoms with Gasteiger partial charge in [-0.05, 0) is 30.7 Å². The molecule has 1 heterocycles. The van der Waals surface area contributed by atoms with E-state index in [1.807, 2.05) is 36.4 Å². The van der Waals surface area contributed by atoms with Gasteiger partial charge in [0.2, 0.25) is 0 Å². The van der Waals surface area contributed by atoms with Crippen LogP contribution < -0.4 is 11.1 Å². The number of nitrogens with two attached hydrogens (primary N) is 1. The Kier molecular flexibility index (Phi) is 4.67. The lowest BCUT2D eigenvalue weighted by Gasteiger charge is -2.20. The zero-order chi connectivity index (χ0) is 16.9. The Hall–Kier alpha value is -2.99. The summed E-state index contributed by atoms with van der Waals surface area (Å²) in [5, 5.41) is 13.4. The summed E-state index contributed by atoms with van der Waals surface area (Å²) in [5.41, 5.74) is 7.43. The second-order valence-electron chi connectivity index (χ2n) is 5.41. The SMILES string of the molecule is NCCC(Nc1ncnc2c(C(=O)O)cccc12)c1ccccc1.